The number of hydrogen-bond acceptors (Lipinski definition) is 0. The standard InChI is InChI=1S/C12H5Cl3FI/c13-7-4-8(12(15)9(14)5-7)6-1-2-11(17)10(16)3-6/h1-5H. The molecule has 0 nitrogen and oxygen atoms in total. The fraction of sp³-hybridized carbons (Fsp3) is 0. The highest BCUT2D eigenvalue weighted by molar-refractivity contribution is 14.1. The molecule has 0 aliphatic rings. The Bertz CT molecular complexity index is 584. The van der Waals surface area contributed by atoms with Gasteiger partial charge in [0.1, 0.15) is 5.82 Å². The summed E-state index contributed by atoms with van der Waals surface area (Å²) in [5, 5.41) is 1.19. The van der Waals surface area contributed by atoms with E-state index in [-0.39, 0.29) is 5.82 Å². The van der Waals surface area contributed by atoms with E-state index in [1.54, 1.807) is 24.3 Å². The molecular formula is C12H5Cl3FI. The van der Waals surface area contributed by atoms with Crippen molar-refractivity contribution in [3.8, 4) is 11.1 Å². The zero-order valence-corrected chi connectivity index (χ0v) is 12.7. The summed E-state index contributed by atoms with van der Waals surface area (Å²) < 4.78 is 14.0. The SMILES string of the molecule is Fc1cc(-c2cc(Cl)cc(Cl)c2Cl)ccc1I. The summed E-state index contributed by atoms with van der Waals surface area (Å²) in [5.74, 6) is -0.296. The van der Waals surface area contributed by atoms with Crippen molar-refractivity contribution in [2.24, 2.45) is 0 Å². The average Bonchev–Trinajstić information content (AvgIpc) is 2.27. The van der Waals surface area contributed by atoms with E-state index in [0.717, 1.165) is 0 Å². The van der Waals surface area contributed by atoms with Crippen molar-refractivity contribution >= 4 is 57.4 Å². The van der Waals surface area contributed by atoms with Gasteiger partial charge in [-0.3, -0.25) is 0 Å². The van der Waals surface area contributed by atoms with Gasteiger partial charge in [0.15, 0.2) is 0 Å². The molecule has 88 valence electrons. The molecule has 0 heterocycles. The monoisotopic (exact) mass is 400 g/mol. The highest BCUT2D eigenvalue weighted by Gasteiger charge is 2.10. The molecule has 5 heteroatoms. The summed E-state index contributed by atoms with van der Waals surface area (Å²) in [6, 6.07) is 8.08. The second-order valence-electron chi connectivity index (χ2n) is 3.38. The molecule has 0 atom stereocenters. The van der Waals surface area contributed by atoms with Gasteiger partial charge in [-0.25, -0.2) is 4.39 Å². The Balaban J connectivity index is 2.64. The smallest absolute Gasteiger partial charge is 0.137 e. The van der Waals surface area contributed by atoms with Gasteiger partial charge in [-0.2, -0.15) is 0 Å². The van der Waals surface area contributed by atoms with Gasteiger partial charge >= 0.3 is 0 Å². The molecule has 0 aliphatic carbocycles. The predicted octanol–water partition coefficient (Wildman–Crippen LogP) is 6.06. The summed E-state index contributed by atoms with van der Waals surface area (Å²) in [5.41, 5.74) is 1.27. The summed E-state index contributed by atoms with van der Waals surface area (Å²) in [6.45, 7) is 0. The molecule has 2 rings (SSSR count). The lowest BCUT2D eigenvalue weighted by atomic mass is 10.1. The van der Waals surface area contributed by atoms with Crippen LogP contribution in [0.3, 0.4) is 0 Å². The van der Waals surface area contributed by atoms with E-state index in [9.17, 15) is 4.39 Å². The summed E-state index contributed by atoms with van der Waals surface area (Å²) in [4.78, 5) is 0. The molecule has 0 aliphatic heterocycles. The second-order valence-corrected chi connectivity index (χ2v) is 5.76. The van der Waals surface area contributed by atoms with Crippen LogP contribution >= 0.6 is 57.4 Å². The van der Waals surface area contributed by atoms with Gasteiger partial charge in [-0.05, 0) is 52.4 Å². The molecule has 0 fully saturated rings. The van der Waals surface area contributed by atoms with Crippen LogP contribution < -0.4 is 0 Å². The van der Waals surface area contributed by atoms with Crippen LogP contribution in [-0.2, 0) is 0 Å². The Labute approximate surface area is 127 Å². The molecule has 0 radical (unpaired) electrons. The average molecular weight is 401 g/mol. The first kappa shape index (κ1) is 13.4. The van der Waals surface area contributed by atoms with Gasteiger partial charge in [0.05, 0.1) is 10.0 Å². The van der Waals surface area contributed by atoms with Gasteiger partial charge < -0.3 is 0 Å². The minimum absolute atomic E-state index is 0.296. The Morgan fingerprint density at radius 2 is 1.71 bits per heavy atom. The van der Waals surface area contributed by atoms with Crippen molar-refractivity contribution < 1.29 is 4.39 Å². The minimum Gasteiger partial charge on any atom is -0.206 e. The first-order chi connectivity index (χ1) is 7.99. The lowest BCUT2D eigenvalue weighted by Crippen LogP contribution is -1.86. The van der Waals surface area contributed by atoms with Crippen LogP contribution in [0.25, 0.3) is 11.1 Å². The second kappa shape index (κ2) is 5.31. The minimum atomic E-state index is -0.296. The van der Waals surface area contributed by atoms with Crippen molar-refractivity contribution in [3.63, 3.8) is 0 Å². The molecule has 2 aromatic carbocycles. The third kappa shape index (κ3) is 2.87. The number of benzene rings is 2. The summed E-state index contributed by atoms with van der Waals surface area (Å²) in [7, 11) is 0. The van der Waals surface area contributed by atoms with Crippen molar-refractivity contribution in [1.82, 2.24) is 0 Å². The van der Waals surface area contributed by atoms with Crippen LogP contribution in [0.4, 0.5) is 4.39 Å². The molecule has 0 N–H and O–H groups in total. The molecule has 0 aromatic heterocycles. The number of rotatable bonds is 1. The molecule has 17 heavy (non-hydrogen) atoms. The van der Waals surface area contributed by atoms with E-state index in [4.69, 9.17) is 34.8 Å². The zero-order chi connectivity index (χ0) is 12.6. The third-order valence-electron chi connectivity index (χ3n) is 2.22. The number of hydrogen-bond donors (Lipinski definition) is 0. The van der Waals surface area contributed by atoms with E-state index < -0.39 is 0 Å². The molecule has 0 spiro atoms. The topological polar surface area (TPSA) is 0 Å². The predicted molar refractivity (Wildman–Crippen MR) is 79.6 cm³/mol. The highest BCUT2D eigenvalue weighted by atomic mass is 127. The maximum atomic E-state index is 13.5. The van der Waals surface area contributed by atoms with E-state index in [1.807, 2.05) is 22.6 Å². The van der Waals surface area contributed by atoms with Gasteiger partial charge in [0, 0.05) is 14.2 Å². The molecule has 0 amide bonds. The largest absolute Gasteiger partial charge is 0.206 e. The van der Waals surface area contributed by atoms with Crippen molar-refractivity contribution in [2.45, 2.75) is 0 Å². The lowest BCUT2D eigenvalue weighted by Gasteiger charge is -2.08. The van der Waals surface area contributed by atoms with Crippen molar-refractivity contribution in [1.29, 1.82) is 0 Å². The lowest BCUT2D eigenvalue weighted by molar-refractivity contribution is 0.621. The van der Waals surface area contributed by atoms with E-state index >= 15 is 0 Å². The van der Waals surface area contributed by atoms with Crippen LogP contribution in [0.2, 0.25) is 15.1 Å². The van der Waals surface area contributed by atoms with E-state index in [2.05, 4.69) is 0 Å². The first-order valence-corrected chi connectivity index (χ1v) is 6.80. The van der Waals surface area contributed by atoms with Crippen LogP contribution in [0, 0.1) is 9.39 Å². The van der Waals surface area contributed by atoms with Gasteiger partial charge in [0.25, 0.3) is 0 Å². The Morgan fingerprint density at radius 1 is 1.00 bits per heavy atom. The quantitative estimate of drug-likeness (QED) is 0.403. The van der Waals surface area contributed by atoms with Gasteiger partial charge in [-0.15, -0.1) is 0 Å². The van der Waals surface area contributed by atoms with Gasteiger partial charge in [0.2, 0.25) is 0 Å². The van der Waals surface area contributed by atoms with Crippen LogP contribution in [0.5, 0.6) is 0 Å². The fourth-order valence-electron chi connectivity index (χ4n) is 1.43. The zero-order valence-electron chi connectivity index (χ0n) is 8.28. The first-order valence-electron chi connectivity index (χ1n) is 4.59. The maximum Gasteiger partial charge on any atom is 0.137 e. The maximum absolute atomic E-state index is 13.5. The van der Waals surface area contributed by atoms with Crippen LogP contribution in [0.1, 0.15) is 0 Å². The van der Waals surface area contributed by atoms with Crippen LogP contribution in [0.15, 0.2) is 30.3 Å². The third-order valence-corrected chi connectivity index (χ3v) is 4.12. The summed E-state index contributed by atoms with van der Waals surface area (Å²) in [6.07, 6.45) is 0. The Kier molecular flexibility index (Phi) is 4.18. The van der Waals surface area contributed by atoms with Gasteiger partial charge in [-0.1, -0.05) is 40.9 Å². The van der Waals surface area contributed by atoms with Crippen molar-refractivity contribution in [3.05, 3.63) is 54.8 Å². The summed E-state index contributed by atoms with van der Waals surface area (Å²) >= 11 is 19.8. The molecule has 0 saturated carbocycles. The van der Waals surface area contributed by atoms with E-state index in [1.165, 1.54) is 6.07 Å². The molecule has 0 bridgehead atoms. The Hall–Kier alpha value is -0.0300. The molecule has 2 aromatic rings. The Morgan fingerprint density at radius 3 is 2.35 bits per heavy atom. The molecular weight excluding hydrogens is 396 g/mol. The molecule has 0 unspecified atom stereocenters. The van der Waals surface area contributed by atoms with E-state index in [0.29, 0.717) is 29.8 Å². The molecule has 0 saturated heterocycles. The fourth-order valence-corrected chi connectivity index (χ4v) is 2.48. The van der Waals surface area contributed by atoms with Crippen molar-refractivity contribution in [2.75, 3.05) is 0 Å². The normalized spacial score (nSPS) is 10.6. The highest BCUT2D eigenvalue weighted by Crippen LogP contribution is 2.36. The number of halogens is 5. The van der Waals surface area contributed by atoms with Crippen LogP contribution in [-0.4, -0.2) is 0 Å².